The Morgan fingerprint density at radius 1 is 1.37 bits per heavy atom. The molecule has 1 aliphatic rings. The summed E-state index contributed by atoms with van der Waals surface area (Å²) in [5, 5.41) is 12.8. The second-order valence-corrected chi connectivity index (χ2v) is 5.93. The first-order valence-corrected chi connectivity index (χ1v) is 7.43. The third kappa shape index (κ3) is 2.82. The number of thioether (sulfide) groups is 1. The molecule has 2 heterocycles. The van der Waals surface area contributed by atoms with Crippen molar-refractivity contribution in [2.45, 2.75) is 6.92 Å². The molecule has 0 unspecified atom stereocenters. The van der Waals surface area contributed by atoms with E-state index in [4.69, 9.17) is 0 Å². The van der Waals surface area contributed by atoms with Crippen molar-refractivity contribution in [3.8, 4) is 10.6 Å². The third-order valence-electron chi connectivity index (χ3n) is 2.46. The number of carbonyl (C=O) groups is 1. The number of aryl methyl sites for hydroxylation is 1. The maximum Gasteiger partial charge on any atom is 0.236 e. The molecule has 19 heavy (non-hydrogen) atoms. The van der Waals surface area contributed by atoms with Gasteiger partial charge in [0.15, 0.2) is 5.17 Å². The summed E-state index contributed by atoms with van der Waals surface area (Å²) in [7, 11) is 0. The molecule has 1 fully saturated rings. The van der Waals surface area contributed by atoms with E-state index in [1.807, 2.05) is 25.1 Å². The lowest BCUT2D eigenvalue weighted by atomic mass is 10.1. The number of benzene rings is 1. The first-order chi connectivity index (χ1) is 9.20. The molecule has 1 aromatic carbocycles. The van der Waals surface area contributed by atoms with Crippen LogP contribution in [0.15, 0.2) is 29.3 Å². The summed E-state index contributed by atoms with van der Waals surface area (Å²) in [6.07, 6.45) is 0. The summed E-state index contributed by atoms with van der Waals surface area (Å²) in [5.74, 6) is 0.398. The minimum absolute atomic E-state index is 0.0211. The molecule has 96 valence electrons. The highest BCUT2D eigenvalue weighted by Crippen LogP contribution is 2.29. The van der Waals surface area contributed by atoms with E-state index >= 15 is 0 Å². The van der Waals surface area contributed by atoms with Crippen LogP contribution in [0.1, 0.15) is 5.56 Å². The highest BCUT2D eigenvalue weighted by molar-refractivity contribution is 8.15. The molecule has 3 rings (SSSR count). The van der Waals surface area contributed by atoms with Crippen molar-refractivity contribution in [3.63, 3.8) is 0 Å². The Bertz CT molecular complexity index is 665. The van der Waals surface area contributed by atoms with E-state index in [1.165, 1.54) is 28.7 Å². The van der Waals surface area contributed by atoms with Crippen molar-refractivity contribution in [3.05, 3.63) is 29.8 Å². The van der Waals surface area contributed by atoms with Gasteiger partial charge in [-0.1, -0.05) is 46.9 Å². The first-order valence-electron chi connectivity index (χ1n) is 5.62. The molecule has 1 amide bonds. The summed E-state index contributed by atoms with van der Waals surface area (Å²) >= 11 is 2.79. The normalized spacial score (nSPS) is 16.9. The fraction of sp³-hybridized carbons (Fsp3) is 0.167. The topological polar surface area (TPSA) is 67.2 Å². The van der Waals surface area contributed by atoms with Gasteiger partial charge >= 0.3 is 0 Å². The lowest BCUT2D eigenvalue weighted by Crippen LogP contribution is -2.19. The van der Waals surface area contributed by atoms with Crippen molar-refractivity contribution in [1.29, 1.82) is 0 Å². The van der Waals surface area contributed by atoms with E-state index in [1.54, 1.807) is 0 Å². The summed E-state index contributed by atoms with van der Waals surface area (Å²) < 4.78 is 0. The summed E-state index contributed by atoms with van der Waals surface area (Å²) in [4.78, 5) is 15.3. The molecule has 1 saturated heterocycles. The van der Waals surface area contributed by atoms with Crippen molar-refractivity contribution in [1.82, 2.24) is 15.5 Å². The van der Waals surface area contributed by atoms with E-state index in [0.717, 1.165) is 10.6 Å². The molecule has 0 spiro atoms. The monoisotopic (exact) mass is 290 g/mol. The van der Waals surface area contributed by atoms with E-state index in [-0.39, 0.29) is 5.91 Å². The van der Waals surface area contributed by atoms with Crippen LogP contribution in [0.3, 0.4) is 0 Å². The Morgan fingerprint density at radius 3 is 3.00 bits per heavy atom. The van der Waals surface area contributed by atoms with Gasteiger partial charge in [0.25, 0.3) is 0 Å². The van der Waals surface area contributed by atoms with E-state index in [0.29, 0.717) is 16.1 Å². The predicted octanol–water partition coefficient (Wildman–Crippen LogP) is 2.36. The second-order valence-electron chi connectivity index (χ2n) is 4.01. The minimum Gasteiger partial charge on any atom is -0.304 e. The minimum atomic E-state index is -0.0211. The molecule has 0 atom stereocenters. The molecule has 0 radical (unpaired) electrons. The summed E-state index contributed by atoms with van der Waals surface area (Å²) in [6.45, 7) is 2.04. The van der Waals surface area contributed by atoms with Crippen molar-refractivity contribution in [2.75, 3.05) is 5.75 Å². The number of nitrogens with zero attached hydrogens (tertiary/aromatic N) is 3. The van der Waals surface area contributed by atoms with Gasteiger partial charge in [-0.25, -0.2) is 0 Å². The van der Waals surface area contributed by atoms with Gasteiger partial charge in [-0.15, -0.1) is 10.2 Å². The van der Waals surface area contributed by atoms with Crippen LogP contribution in [0.25, 0.3) is 10.6 Å². The van der Waals surface area contributed by atoms with Crippen molar-refractivity contribution in [2.24, 2.45) is 4.99 Å². The van der Waals surface area contributed by atoms with Gasteiger partial charge in [-0.05, 0) is 13.0 Å². The molecular weight excluding hydrogens is 280 g/mol. The average molecular weight is 290 g/mol. The maximum absolute atomic E-state index is 11.1. The number of amidine groups is 1. The van der Waals surface area contributed by atoms with Crippen LogP contribution in [-0.4, -0.2) is 27.0 Å². The maximum atomic E-state index is 11.1. The van der Waals surface area contributed by atoms with Crippen LogP contribution in [-0.2, 0) is 4.79 Å². The fourth-order valence-electron chi connectivity index (χ4n) is 1.63. The van der Waals surface area contributed by atoms with Gasteiger partial charge in [0.05, 0.1) is 5.75 Å². The van der Waals surface area contributed by atoms with Crippen LogP contribution in [0.2, 0.25) is 0 Å². The largest absolute Gasteiger partial charge is 0.304 e. The molecule has 7 heteroatoms. The zero-order chi connectivity index (χ0) is 13.2. The molecule has 0 saturated carbocycles. The van der Waals surface area contributed by atoms with E-state index in [9.17, 15) is 4.79 Å². The van der Waals surface area contributed by atoms with Crippen LogP contribution in [0.4, 0.5) is 5.13 Å². The molecule has 5 nitrogen and oxygen atoms in total. The lowest BCUT2D eigenvalue weighted by molar-refractivity contribution is -0.116. The second kappa shape index (κ2) is 5.10. The predicted molar refractivity (Wildman–Crippen MR) is 77.8 cm³/mol. The fourth-order valence-corrected chi connectivity index (χ4v) is 3.08. The lowest BCUT2D eigenvalue weighted by Gasteiger charge is -1.95. The van der Waals surface area contributed by atoms with Crippen LogP contribution in [0.5, 0.6) is 0 Å². The summed E-state index contributed by atoms with van der Waals surface area (Å²) in [6, 6.07) is 8.08. The Labute approximate surface area is 118 Å². The number of carbonyl (C=O) groups excluding carboxylic acids is 1. The molecular formula is C12H10N4OS2. The van der Waals surface area contributed by atoms with Gasteiger partial charge < -0.3 is 5.32 Å². The molecule has 0 bridgehead atoms. The number of hydrogen-bond acceptors (Lipinski definition) is 6. The van der Waals surface area contributed by atoms with Gasteiger partial charge in [-0.2, -0.15) is 4.99 Å². The zero-order valence-electron chi connectivity index (χ0n) is 10.1. The Kier molecular flexibility index (Phi) is 3.31. The van der Waals surface area contributed by atoms with Gasteiger partial charge in [0.2, 0.25) is 11.0 Å². The molecule has 1 N–H and O–H groups in total. The van der Waals surface area contributed by atoms with Crippen LogP contribution in [0, 0.1) is 6.92 Å². The van der Waals surface area contributed by atoms with Crippen molar-refractivity contribution < 1.29 is 4.79 Å². The standard InChI is InChI=1S/C12H10N4OS2/c1-7-3-2-4-8(5-7)10-15-16-12(19-10)14-11-13-9(17)6-18-11/h2-5H,6H2,1H3,(H,13,14,16,17). The number of amides is 1. The zero-order valence-corrected chi connectivity index (χ0v) is 11.7. The van der Waals surface area contributed by atoms with Gasteiger partial charge in [0.1, 0.15) is 5.01 Å². The molecule has 1 aliphatic heterocycles. The van der Waals surface area contributed by atoms with E-state index in [2.05, 4.69) is 26.6 Å². The Hall–Kier alpha value is -1.73. The molecule has 2 aromatic rings. The van der Waals surface area contributed by atoms with Crippen molar-refractivity contribution >= 4 is 39.3 Å². The smallest absolute Gasteiger partial charge is 0.236 e. The van der Waals surface area contributed by atoms with Gasteiger partial charge in [-0.3, -0.25) is 4.79 Å². The Morgan fingerprint density at radius 2 is 2.26 bits per heavy atom. The number of aromatic nitrogens is 2. The highest BCUT2D eigenvalue weighted by atomic mass is 32.2. The summed E-state index contributed by atoms with van der Waals surface area (Å²) in [5.41, 5.74) is 2.21. The Balaban J connectivity index is 1.86. The molecule has 1 aromatic heterocycles. The van der Waals surface area contributed by atoms with Crippen LogP contribution >= 0.6 is 23.1 Å². The molecule has 0 aliphatic carbocycles. The number of rotatable bonds is 2. The average Bonchev–Trinajstić information content (AvgIpc) is 2.99. The van der Waals surface area contributed by atoms with Gasteiger partial charge in [0, 0.05) is 5.56 Å². The third-order valence-corrected chi connectivity index (χ3v) is 4.20. The van der Waals surface area contributed by atoms with Crippen LogP contribution < -0.4 is 5.32 Å². The number of nitrogens with one attached hydrogen (secondary N) is 1. The highest BCUT2D eigenvalue weighted by Gasteiger charge is 2.17. The number of aliphatic imine (C=N–C) groups is 1. The van der Waals surface area contributed by atoms with E-state index < -0.39 is 0 Å². The number of hydrogen-bond donors (Lipinski definition) is 1. The SMILES string of the molecule is Cc1cccc(-c2nnc(/N=C3\NC(=O)CS3)s2)c1. The quantitative estimate of drug-likeness (QED) is 0.922. The first kappa shape index (κ1) is 12.3.